The van der Waals surface area contributed by atoms with Gasteiger partial charge in [-0.15, -0.1) is 0 Å². The summed E-state index contributed by atoms with van der Waals surface area (Å²) < 4.78 is 5.45. The largest absolute Gasteiger partial charge is 0.458 e. The van der Waals surface area contributed by atoms with Gasteiger partial charge in [0, 0.05) is 12.3 Å². The van der Waals surface area contributed by atoms with E-state index in [1.807, 2.05) is 0 Å². The highest BCUT2D eigenvalue weighted by molar-refractivity contribution is 5.85. The van der Waals surface area contributed by atoms with E-state index in [1.54, 1.807) is 0 Å². The molecular formula is C9H10O2. The van der Waals surface area contributed by atoms with Crippen molar-refractivity contribution >= 4 is 5.97 Å². The van der Waals surface area contributed by atoms with E-state index in [4.69, 9.17) is 4.74 Å². The Morgan fingerprint density at radius 3 is 3.00 bits per heavy atom. The zero-order chi connectivity index (χ0) is 7.27. The number of hydrogen-bond acceptors (Lipinski definition) is 2. The smallest absolute Gasteiger partial charge is 0.313 e. The van der Waals surface area contributed by atoms with E-state index in [0.717, 1.165) is 18.8 Å². The van der Waals surface area contributed by atoms with Crippen LogP contribution in [0, 0.1) is 17.3 Å². The quantitative estimate of drug-likeness (QED) is 0.483. The average Bonchev–Trinajstić information content (AvgIpc) is 2.49. The van der Waals surface area contributed by atoms with Crippen molar-refractivity contribution in [1.82, 2.24) is 0 Å². The van der Waals surface area contributed by atoms with Crippen LogP contribution in [0.5, 0.6) is 0 Å². The highest BCUT2D eigenvalue weighted by Gasteiger charge is 2.83. The second-order valence-electron chi connectivity index (χ2n) is 4.85. The number of carbonyl (C=O) groups is 1. The summed E-state index contributed by atoms with van der Waals surface area (Å²) in [5.74, 6) is 1.62. The molecule has 2 heteroatoms. The van der Waals surface area contributed by atoms with Crippen molar-refractivity contribution in [2.45, 2.75) is 31.3 Å². The molecule has 0 radical (unpaired) electrons. The van der Waals surface area contributed by atoms with Gasteiger partial charge in [-0.25, -0.2) is 0 Å². The maximum atomic E-state index is 11.4. The molecule has 4 atom stereocenters. The van der Waals surface area contributed by atoms with Crippen LogP contribution in [-0.4, -0.2) is 11.6 Å². The van der Waals surface area contributed by atoms with Crippen LogP contribution < -0.4 is 0 Å². The highest BCUT2D eigenvalue weighted by atomic mass is 16.6. The Balaban J connectivity index is 2.03. The molecule has 2 spiro atoms. The average molecular weight is 150 g/mol. The van der Waals surface area contributed by atoms with Crippen LogP contribution in [0.3, 0.4) is 0 Å². The Labute approximate surface area is 64.9 Å². The third-order valence-electron chi connectivity index (χ3n) is 4.48. The lowest BCUT2D eigenvalue weighted by molar-refractivity contribution is -0.143. The molecule has 0 aromatic rings. The second-order valence-corrected chi connectivity index (χ2v) is 4.85. The summed E-state index contributed by atoms with van der Waals surface area (Å²) >= 11 is 0. The van der Waals surface area contributed by atoms with Gasteiger partial charge in [0.15, 0.2) is 0 Å². The lowest BCUT2D eigenvalue weighted by atomic mass is 9.53. The summed E-state index contributed by atoms with van der Waals surface area (Å²) in [6.45, 7) is 0. The van der Waals surface area contributed by atoms with Crippen LogP contribution >= 0.6 is 0 Å². The van der Waals surface area contributed by atoms with Crippen LogP contribution in [0.2, 0.25) is 0 Å². The van der Waals surface area contributed by atoms with Crippen molar-refractivity contribution in [2.24, 2.45) is 17.3 Å². The molecule has 4 unspecified atom stereocenters. The molecule has 5 aliphatic rings. The Bertz CT molecular complexity index is 281. The molecule has 11 heavy (non-hydrogen) atoms. The van der Waals surface area contributed by atoms with Crippen LogP contribution in [0.4, 0.5) is 0 Å². The molecule has 5 rings (SSSR count). The van der Waals surface area contributed by atoms with E-state index in [9.17, 15) is 4.79 Å². The molecule has 2 nitrogen and oxygen atoms in total. The van der Waals surface area contributed by atoms with Gasteiger partial charge in [-0.2, -0.15) is 0 Å². The van der Waals surface area contributed by atoms with E-state index >= 15 is 0 Å². The summed E-state index contributed by atoms with van der Waals surface area (Å²) in [5.41, 5.74) is 0.142. The molecule has 0 aromatic carbocycles. The van der Waals surface area contributed by atoms with Crippen LogP contribution in [0.25, 0.3) is 0 Å². The molecule has 3 aliphatic carbocycles. The van der Waals surface area contributed by atoms with Gasteiger partial charge in [0.05, 0.1) is 5.41 Å². The number of hydrogen-bond donors (Lipinski definition) is 0. The summed E-state index contributed by atoms with van der Waals surface area (Å²) in [6.07, 6.45) is 4.69. The van der Waals surface area contributed by atoms with E-state index in [0.29, 0.717) is 5.92 Å². The number of esters is 1. The second kappa shape index (κ2) is 1.05. The Hall–Kier alpha value is -0.530. The molecule has 5 fully saturated rings. The molecule has 2 aliphatic heterocycles. The van der Waals surface area contributed by atoms with Gasteiger partial charge in [-0.3, -0.25) is 4.79 Å². The molecule has 0 aromatic heterocycles. The topological polar surface area (TPSA) is 26.3 Å². The van der Waals surface area contributed by atoms with Crippen molar-refractivity contribution in [3.63, 3.8) is 0 Å². The first kappa shape index (κ1) is 5.18. The van der Waals surface area contributed by atoms with Gasteiger partial charge in [0.25, 0.3) is 0 Å². The van der Waals surface area contributed by atoms with Crippen molar-refractivity contribution < 1.29 is 9.53 Å². The predicted octanol–water partition coefficient (Wildman–Crippen LogP) is 1.10. The number of fused-ring (bicyclic) bond motifs is 2. The van der Waals surface area contributed by atoms with Crippen molar-refractivity contribution in [1.29, 1.82) is 0 Å². The van der Waals surface area contributed by atoms with Gasteiger partial charge in [0.2, 0.25) is 0 Å². The number of rotatable bonds is 0. The molecule has 4 bridgehead atoms. The van der Waals surface area contributed by atoms with Gasteiger partial charge >= 0.3 is 5.97 Å². The first-order valence-corrected chi connectivity index (χ1v) is 4.49. The minimum Gasteiger partial charge on any atom is -0.458 e. The van der Waals surface area contributed by atoms with E-state index < -0.39 is 0 Å². The fourth-order valence-corrected chi connectivity index (χ4v) is 4.33. The zero-order valence-corrected chi connectivity index (χ0v) is 6.30. The van der Waals surface area contributed by atoms with E-state index in [1.165, 1.54) is 12.8 Å². The van der Waals surface area contributed by atoms with Gasteiger partial charge in [0.1, 0.15) is 5.60 Å². The van der Waals surface area contributed by atoms with Crippen LogP contribution in [0.15, 0.2) is 0 Å². The molecule has 2 saturated heterocycles. The van der Waals surface area contributed by atoms with Gasteiger partial charge in [-0.05, 0) is 25.2 Å². The van der Waals surface area contributed by atoms with Crippen molar-refractivity contribution in [3.05, 3.63) is 0 Å². The lowest BCUT2D eigenvalue weighted by Crippen LogP contribution is -2.53. The maximum Gasteiger partial charge on any atom is 0.313 e. The predicted molar refractivity (Wildman–Crippen MR) is 36.7 cm³/mol. The van der Waals surface area contributed by atoms with Crippen LogP contribution in [0.1, 0.15) is 25.7 Å². The van der Waals surface area contributed by atoms with E-state index in [2.05, 4.69) is 0 Å². The molecule has 3 saturated carbocycles. The Morgan fingerprint density at radius 2 is 2.36 bits per heavy atom. The molecule has 0 N–H and O–H groups in total. The maximum absolute atomic E-state index is 11.4. The fourth-order valence-electron chi connectivity index (χ4n) is 4.33. The van der Waals surface area contributed by atoms with E-state index in [-0.39, 0.29) is 17.0 Å². The lowest BCUT2D eigenvalue weighted by Gasteiger charge is -2.47. The monoisotopic (exact) mass is 150 g/mol. The number of carbonyl (C=O) groups excluding carboxylic acids is 1. The van der Waals surface area contributed by atoms with Crippen molar-refractivity contribution in [2.75, 3.05) is 0 Å². The first-order valence-electron chi connectivity index (χ1n) is 4.49. The summed E-state index contributed by atoms with van der Waals surface area (Å²) in [5, 5.41) is 0. The Kier molecular flexibility index (Phi) is 0.493. The highest BCUT2D eigenvalue weighted by Crippen LogP contribution is 2.78. The first-order chi connectivity index (χ1) is 5.25. The zero-order valence-electron chi connectivity index (χ0n) is 6.30. The Morgan fingerprint density at radius 1 is 1.45 bits per heavy atom. The standard InChI is InChI=1S/C9H10O2/c10-7-8-2-5-1-6(8)9(3-5,4-8)11-7/h5-6H,1-4H2. The van der Waals surface area contributed by atoms with Crippen molar-refractivity contribution in [3.8, 4) is 0 Å². The molecule has 2 heterocycles. The van der Waals surface area contributed by atoms with Gasteiger partial charge < -0.3 is 4.74 Å². The van der Waals surface area contributed by atoms with Gasteiger partial charge in [-0.1, -0.05) is 0 Å². The molecular weight excluding hydrogens is 140 g/mol. The molecule has 58 valence electrons. The summed E-state index contributed by atoms with van der Waals surface area (Å²) in [7, 11) is 0. The SMILES string of the molecule is O=C1OC23CC4CC2C1(C4)C3. The normalized spacial score (nSPS) is 68.2. The minimum atomic E-state index is 0.0584. The van der Waals surface area contributed by atoms with Crippen LogP contribution in [-0.2, 0) is 9.53 Å². The fraction of sp³-hybridized carbons (Fsp3) is 0.889. The third kappa shape index (κ3) is 0.293. The minimum absolute atomic E-state index is 0.0584. The summed E-state index contributed by atoms with van der Waals surface area (Å²) in [6, 6.07) is 0. The molecule has 0 amide bonds. The summed E-state index contributed by atoms with van der Waals surface area (Å²) in [4.78, 5) is 11.4. The third-order valence-corrected chi connectivity index (χ3v) is 4.48. The number of ether oxygens (including phenoxy) is 1.